The molecule has 0 N–H and O–H groups in total. The van der Waals surface area contributed by atoms with E-state index in [0.29, 0.717) is 26.1 Å². The zero-order valence-electron chi connectivity index (χ0n) is 23.5. The van der Waals surface area contributed by atoms with Crippen molar-refractivity contribution in [1.82, 2.24) is 0 Å². The van der Waals surface area contributed by atoms with Crippen molar-refractivity contribution in [2.75, 3.05) is 25.7 Å². The van der Waals surface area contributed by atoms with Crippen molar-refractivity contribution in [3.05, 3.63) is 72.7 Å². The van der Waals surface area contributed by atoms with Gasteiger partial charge in [0.15, 0.2) is 6.61 Å². The molecule has 0 atom stereocenters. The third kappa shape index (κ3) is 5.44. The van der Waals surface area contributed by atoms with Crippen molar-refractivity contribution in [2.45, 2.75) is 46.6 Å². The number of hydrogen-bond acceptors (Lipinski definition) is 9. The maximum atomic E-state index is 13.8. The molecule has 2 aliphatic heterocycles. The van der Waals surface area contributed by atoms with Gasteiger partial charge >= 0.3 is 11.9 Å². The average Bonchev–Trinajstić information content (AvgIpc) is 3.38. The number of methoxy groups -OCH3 is 2. The van der Waals surface area contributed by atoms with Crippen LogP contribution in [0.3, 0.4) is 0 Å². The molecule has 0 aromatic heterocycles. The fourth-order valence-electron chi connectivity index (χ4n) is 4.55. The molecule has 2 aromatic carbocycles. The molecule has 2 aromatic rings. The van der Waals surface area contributed by atoms with Gasteiger partial charge < -0.3 is 14.2 Å². The summed E-state index contributed by atoms with van der Waals surface area (Å²) in [6.07, 6.45) is 0.917. The van der Waals surface area contributed by atoms with Gasteiger partial charge in [0.1, 0.15) is 15.6 Å². The number of aryl methyl sites for hydroxylation is 3. The summed E-state index contributed by atoms with van der Waals surface area (Å²) in [6.45, 7) is 9.67. The Kier molecular flexibility index (Phi) is 8.82. The highest BCUT2D eigenvalue weighted by Gasteiger charge is 2.46. The normalized spacial score (nSPS) is 16.2. The number of thiocarbonyl (C=S) groups is 1. The van der Waals surface area contributed by atoms with Gasteiger partial charge in [-0.05, 0) is 75.1 Å². The fourth-order valence-corrected chi connectivity index (χ4v) is 7.59. The number of benzene rings is 2. The van der Waals surface area contributed by atoms with Crippen LogP contribution in [-0.4, -0.2) is 49.1 Å². The molecule has 0 unspecified atom stereocenters. The second-order valence-corrected chi connectivity index (χ2v) is 12.6. The monoisotopic (exact) mass is 597 g/mol. The van der Waals surface area contributed by atoms with Gasteiger partial charge in [-0.25, -0.2) is 9.59 Å². The van der Waals surface area contributed by atoms with Crippen LogP contribution in [0.4, 0.5) is 5.69 Å². The summed E-state index contributed by atoms with van der Waals surface area (Å²) in [5.74, 6) is -0.885. The summed E-state index contributed by atoms with van der Waals surface area (Å²) < 4.78 is 16.4. The second-order valence-electron chi connectivity index (χ2n) is 9.87. The molecule has 0 saturated carbocycles. The Labute approximate surface area is 248 Å². The molecule has 0 spiro atoms. The molecule has 210 valence electrons. The predicted molar refractivity (Wildman–Crippen MR) is 165 cm³/mol. The van der Waals surface area contributed by atoms with Crippen LogP contribution < -0.4 is 9.64 Å². The standard InChI is InChI=1S/C30H31NO6S3/c1-8-18-9-11-19(12-10-18)37-15-22(32)31-21-14-17(3)16(2)13-20(21)23(26(38)30(31,4)5)29-39-24(27(33)35-6)25(40-29)28(34)36-7/h9-14H,8,15H2,1-7H3. The molecule has 4 rings (SSSR count). The summed E-state index contributed by atoms with van der Waals surface area (Å²) in [7, 11) is 2.53. The summed E-state index contributed by atoms with van der Waals surface area (Å²) in [5, 5.41) is 0. The van der Waals surface area contributed by atoms with E-state index in [1.165, 1.54) is 19.8 Å². The number of anilines is 1. The van der Waals surface area contributed by atoms with Crippen LogP contribution >= 0.6 is 35.7 Å². The first-order valence-electron chi connectivity index (χ1n) is 12.7. The molecule has 0 radical (unpaired) electrons. The Bertz CT molecular complexity index is 1440. The number of amides is 1. The highest BCUT2D eigenvalue weighted by atomic mass is 32.2. The van der Waals surface area contributed by atoms with Gasteiger partial charge in [-0.1, -0.05) is 54.8 Å². The van der Waals surface area contributed by atoms with Gasteiger partial charge in [-0.2, -0.15) is 0 Å². The van der Waals surface area contributed by atoms with E-state index in [-0.39, 0.29) is 22.3 Å². The van der Waals surface area contributed by atoms with Crippen LogP contribution in [0.25, 0.3) is 5.57 Å². The quantitative estimate of drug-likeness (QED) is 0.221. The molecular weight excluding hydrogens is 567 g/mol. The predicted octanol–water partition coefficient (Wildman–Crippen LogP) is 6.15. The Hall–Kier alpha value is -3.08. The second kappa shape index (κ2) is 11.8. The SMILES string of the molecule is CCc1ccc(OCC(=O)N2c3cc(C)c(C)cc3C(=C3SC(C(=O)OC)=C(C(=O)OC)S3)C(=S)C2(C)C)cc1. The number of thioether (sulfide) groups is 2. The van der Waals surface area contributed by atoms with E-state index in [2.05, 4.69) is 6.92 Å². The minimum atomic E-state index is -0.917. The van der Waals surface area contributed by atoms with E-state index in [9.17, 15) is 14.4 Å². The summed E-state index contributed by atoms with van der Waals surface area (Å²) in [6, 6.07) is 11.7. The van der Waals surface area contributed by atoms with Gasteiger partial charge in [0.25, 0.3) is 5.91 Å². The zero-order chi connectivity index (χ0) is 29.4. The maximum Gasteiger partial charge on any atom is 0.346 e. The van der Waals surface area contributed by atoms with E-state index >= 15 is 0 Å². The first-order chi connectivity index (χ1) is 18.9. The van der Waals surface area contributed by atoms with Crippen LogP contribution in [0, 0.1) is 13.8 Å². The smallest absolute Gasteiger partial charge is 0.346 e. The van der Waals surface area contributed by atoms with E-state index in [1.807, 2.05) is 64.1 Å². The number of esters is 2. The fraction of sp³-hybridized carbons (Fsp3) is 0.333. The molecule has 0 fully saturated rings. The van der Waals surface area contributed by atoms with Crippen molar-refractivity contribution >= 4 is 69.7 Å². The number of nitrogens with zero attached hydrogens (tertiary/aromatic N) is 1. The van der Waals surface area contributed by atoms with Crippen molar-refractivity contribution in [3.63, 3.8) is 0 Å². The largest absolute Gasteiger partial charge is 0.484 e. The molecule has 40 heavy (non-hydrogen) atoms. The molecule has 0 aliphatic carbocycles. The lowest BCUT2D eigenvalue weighted by Crippen LogP contribution is -2.57. The van der Waals surface area contributed by atoms with E-state index in [4.69, 9.17) is 26.4 Å². The number of hydrogen-bond donors (Lipinski definition) is 0. The Morgan fingerprint density at radius 1 is 0.925 bits per heavy atom. The first-order valence-corrected chi connectivity index (χ1v) is 14.7. The molecule has 7 nitrogen and oxygen atoms in total. The lowest BCUT2D eigenvalue weighted by molar-refractivity contribution is -0.138. The van der Waals surface area contributed by atoms with E-state index < -0.39 is 17.5 Å². The lowest BCUT2D eigenvalue weighted by atomic mass is 9.82. The number of carbonyl (C=O) groups excluding carboxylic acids is 3. The molecule has 2 aliphatic rings. The molecule has 0 bridgehead atoms. The number of carbonyl (C=O) groups is 3. The zero-order valence-corrected chi connectivity index (χ0v) is 25.9. The number of ether oxygens (including phenoxy) is 3. The van der Waals surface area contributed by atoms with Gasteiger partial charge in [0, 0.05) is 11.1 Å². The van der Waals surface area contributed by atoms with Gasteiger partial charge in [0.2, 0.25) is 0 Å². The van der Waals surface area contributed by atoms with Crippen LogP contribution in [0.1, 0.15) is 43.0 Å². The van der Waals surface area contributed by atoms with Gasteiger partial charge in [0.05, 0.1) is 34.5 Å². The lowest BCUT2D eigenvalue weighted by Gasteiger charge is -2.45. The summed E-state index contributed by atoms with van der Waals surface area (Å²) in [4.78, 5) is 41.4. The molecule has 1 amide bonds. The first kappa shape index (κ1) is 29.9. The topological polar surface area (TPSA) is 82.1 Å². The van der Waals surface area contributed by atoms with Crippen LogP contribution in [0.15, 0.2) is 50.4 Å². The third-order valence-electron chi connectivity index (χ3n) is 6.95. The molecular formula is C30H31NO6S3. The van der Waals surface area contributed by atoms with Crippen LogP contribution in [0.5, 0.6) is 5.75 Å². The Morgan fingerprint density at radius 2 is 1.48 bits per heavy atom. The highest BCUT2D eigenvalue weighted by molar-refractivity contribution is 8.29. The van der Waals surface area contributed by atoms with Crippen molar-refractivity contribution < 1.29 is 28.6 Å². The maximum absolute atomic E-state index is 13.8. The number of rotatable bonds is 6. The van der Waals surface area contributed by atoms with E-state index in [0.717, 1.165) is 46.6 Å². The summed E-state index contributed by atoms with van der Waals surface area (Å²) >= 11 is 8.31. The Morgan fingerprint density at radius 3 is 2.00 bits per heavy atom. The highest BCUT2D eigenvalue weighted by Crippen LogP contribution is 2.56. The minimum Gasteiger partial charge on any atom is -0.484 e. The van der Waals surface area contributed by atoms with Crippen molar-refractivity contribution in [3.8, 4) is 5.75 Å². The molecule has 10 heteroatoms. The van der Waals surface area contributed by atoms with Crippen LogP contribution in [-0.2, 0) is 30.3 Å². The average molecular weight is 598 g/mol. The number of fused-ring (bicyclic) bond motifs is 1. The third-order valence-corrected chi connectivity index (χ3v) is 10.2. The minimum absolute atomic E-state index is 0.147. The summed E-state index contributed by atoms with van der Waals surface area (Å²) in [5.41, 5.74) is 4.43. The molecule has 0 saturated heterocycles. The van der Waals surface area contributed by atoms with Gasteiger partial charge in [-0.3, -0.25) is 9.69 Å². The van der Waals surface area contributed by atoms with E-state index in [1.54, 1.807) is 4.90 Å². The van der Waals surface area contributed by atoms with Gasteiger partial charge in [-0.15, -0.1) is 0 Å². The van der Waals surface area contributed by atoms with Crippen molar-refractivity contribution in [1.29, 1.82) is 0 Å². The molecule has 2 heterocycles. The van der Waals surface area contributed by atoms with Crippen LogP contribution in [0.2, 0.25) is 0 Å². The Balaban J connectivity index is 1.79. The van der Waals surface area contributed by atoms with Crippen molar-refractivity contribution in [2.24, 2.45) is 0 Å².